The fraction of sp³-hybridized carbons (Fsp3) is 0.471. The molecule has 22 heavy (non-hydrogen) atoms. The number of hydrogen-bond acceptors (Lipinski definition) is 3. The zero-order valence-corrected chi connectivity index (χ0v) is 13.5. The first-order valence-electron chi connectivity index (χ1n) is 7.35. The van der Waals surface area contributed by atoms with E-state index in [2.05, 4.69) is 5.32 Å². The number of aryl methyl sites for hydroxylation is 2. The van der Waals surface area contributed by atoms with Crippen molar-refractivity contribution in [2.45, 2.75) is 46.6 Å². The Morgan fingerprint density at radius 2 is 1.77 bits per heavy atom. The van der Waals surface area contributed by atoms with Gasteiger partial charge in [-0.15, -0.1) is 0 Å². The van der Waals surface area contributed by atoms with Crippen LogP contribution in [0.4, 0.5) is 0 Å². The highest BCUT2D eigenvalue weighted by Crippen LogP contribution is 2.14. The minimum Gasteiger partial charge on any atom is -0.480 e. The van der Waals surface area contributed by atoms with Crippen LogP contribution in [0.25, 0.3) is 0 Å². The molecule has 2 N–H and O–H groups in total. The van der Waals surface area contributed by atoms with Crippen LogP contribution in [-0.2, 0) is 9.59 Å². The van der Waals surface area contributed by atoms with Crippen molar-refractivity contribution in [2.75, 3.05) is 0 Å². The molecule has 1 aromatic rings. The summed E-state index contributed by atoms with van der Waals surface area (Å²) in [7, 11) is 0. The standard InChI is InChI=1S/C17H23NO4/c1-10(2)16(17(21)22)18-15(20)8-7-14(19)13-9-11(3)5-6-12(13)4/h5-6,9-10,16H,7-8H2,1-4H3,(H,18,20)(H,21,22). The van der Waals surface area contributed by atoms with Gasteiger partial charge in [0.2, 0.25) is 5.91 Å². The molecule has 0 fully saturated rings. The fourth-order valence-electron chi connectivity index (χ4n) is 2.16. The van der Waals surface area contributed by atoms with Gasteiger partial charge in [-0.05, 0) is 31.4 Å². The van der Waals surface area contributed by atoms with Crippen LogP contribution in [0.3, 0.4) is 0 Å². The third-order valence-electron chi connectivity index (χ3n) is 3.52. The van der Waals surface area contributed by atoms with Gasteiger partial charge in [0.15, 0.2) is 5.78 Å². The summed E-state index contributed by atoms with van der Waals surface area (Å²) >= 11 is 0. The molecular weight excluding hydrogens is 282 g/mol. The lowest BCUT2D eigenvalue weighted by molar-refractivity contribution is -0.143. The van der Waals surface area contributed by atoms with Crippen molar-refractivity contribution < 1.29 is 19.5 Å². The van der Waals surface area contributed by atoms with Crippen LogP contribution in [-0.4, -0.2) is 28.8 Å². The molecule has 120 valence electrons. The molecule has 0 aromatic heterocycles. The number of aliphatic carboxylic acids is 1. The molecule has 0 saturated heterocycles. The lowest BCUT2D eigenvalue weighted by atomic mass is 9.99. The summed E-state index contributed by atoms with van der Waals surface area (Å²) in [5.74, 6) is -1.80. The summed E-state index contributed by atoms with van der Waals surface area (Å²) in [5.41, 5.74) is 2.48. The third kappa shape index (κ3) is 4.98. The lowest BCUT2D eigenvalue weighted by Gasteiger charge is -2.17. The Kier molecular flexibility index (Phi) is 6.28. The number of carbonyl (C=O) groups excluding carboxylic acids is 2. The summed E-state index contributed by atoms with van der Waals surface area (Å²) in [6.45, 7) is 7.20. The van der Waals surface area contributed by atoms with Crippen LogP contribution >= 0.6 is 0 Å². The van der Waals surface area contributed by atoms with E-state index in [1.54, 1.807) is 13.8 Å². The van der Waals surface area contributed by atoms with Crippen molar-refractivity contribution in [3.63, 3.8) is 0 Å². The van der Waals surface area contributed by atoms with E-state index in [1.807, 2.05) is 32.0 Å². The van der Waals surface area contributed by atoms with Crippen molar-refractivity contribution in [3.05, 3.63) is 34.9 Å². The Hall–Kier alpha value is -2.17. The van der Waals surface area contributed by atoms with E-state index in [0.717, 1.165) is 11.1 Å². The zero-order valence-electron chi connectivity index (χ0n) is 13.5. The second kappa shape index (κ2) is 7.73. The molecule has 0 aliphatic heterocycles. The Bertz CT molecular complexity index is 578. The van der Waals surface area contributed by atoms with Gasteiger partial charge in [-0.2, -0.15) is 0 Å². The van der Waals surface area contributed by atoms with E-state index in [0.29, 0.717) is 5.56 Å². The van der Waals surface area contributed by atoms with E-state index < -0.39 is 17.9 Å². The van der Waals surface area contributed by atoms with E-state index in [-0.39, 0.29) is 24.5 Å². The van der Waals surface area contributed by atoms with Gasteiger partial charge >= 0.3 is 5.97 Å². The van der Waals surface area contributed by atoms with E-state index in [4.69, 9.17) is 5.11 Å². The number of carboxylic acids is 1. The summed E-state index contributed by atoms with van der Waals surface area (Å²) in [4.78, 5) is 35.0. The summed E-state index contributed by atoms with van der Waals surface area (Å²) in [6.07, 6.45) is 0.0588. The molecule has 0 heterocycles. The number of hydrogen-bond donors (Lipinski definition) is 2. The number of nitrogens with one attached hydrogen (secondary N) is 1. The smallest absolute Gasteiger partial charge is 0.326 e. The summed E-state index contributed by atoms with van der Waals surface area (Å²) in [6, 6.07) is 4.69. The van der Waals surface area contributed by atoms with Crippen molar-refractivity contribution in [1.29, 1.82) is 0 Å². The second-order valence-corrected chi connectivity index (χ2v) is 5.87. The Morgan fingerprint density at radius 1 is 1.14 bits per heavy atom. The largest absolute Gasteiger partial charge is 0.480 e. The van der Waals surface area contributed by atoms with Gasteiger partial charge in [-0.3, -0.25) is 9.59 Å². The highest BCUT2D eigenvalue weighted by Gasteiger charge is 2.23. The minimum atomic E-state index is -1.07. The number of ketones is 1. The first kappa shape index (κ1) is 17.9. The average Bonchev–Trinajstić information content (AvgIpc) is 2.44. The maximum Gasteiger partial charge on any atom is 0.326 e. The van der Waals surface area contributed by atoms with Crippen LogP contribution in [0, 0.1) is 19.8 Å². The maximum atomic E-state index is 12.2. The highest BCUT2D eigenvalue weighted by molar-refractivity contribution is 5.99. The molecule has 1 atom stereocenters. The average molecular weight is 305 g/mol. The topological polar surface area (TPSA) is 83.5 Å². The van der Waals surface area contributed by atoms with Gasteiger partial charge in [-0.25, -0.2) is 4.79 Å². The van der Waals surface area contributed by atoms with Crippen molar-refractivity contribution in [1.82, 2.24) is 5.32 Å². The van der Waals surface area contributed by atoms with E-state index in [1.165, 1.54) is 0 Å². The Morgan fingerprint density at radius 3 is 2.32 bits per heavy atom. The van der Waals surface area contributed by atoms with Crippen molar-refractivity contribution in [2.24, 2.45) is 5.92 Å². The van der Waals surface area contributed by atoms with Crippen LogP contribution in [0.5, 0.6) is 0 Å². The number of rotatable bonds is 7. The third-order valence-corrected chi connectivity index (χ3v) is 3.52. The Labute approximate surface area is 130 Å². The minimum absolute atomic E-state index is 0.0112. The molecule has 0 radical (unpaired) electrons. The molecule has 1 rings (SSSR count). The molecule has 5 nitrogen and oxygen atoms in total. The van der Waals surface area contributed by atoms with E-state index >= 15 is 0 Å². The van der Waals surface area contributed by atoms with Crippen LogP contribution in [0.1, 0.15) is 48.2 Å². The molecule has 1 amide bonds. The molecule has 0 saturated carbocycles. The second-order valence-electron chi connectivity index (χ2n) is 5.87. The molecule has 0 spiro atoms. The van der Waals surface area contributed by atoms with Crippen LogP contribution in [0.15, 0.2) is 18.2 Å². The van der Waals surface area contributed by atoms with Gasteiger partial charge in [0.05, 0.1) is 0 Å². The molecule has 0 aliphatic rings. The van der Waals surface area contributed by atoms with Crippen LogP contribution < -0.4 is 5.32 Å². The highest BCUT2D eigenvalue weighted by atomic mass is 16.4. The number of Topliss-reactive ketones (excluding diaryl/α,β-unsaturated/α-hetero) is 1. The maximum absolute atomic E-state index is 12.2. The first-order chi connectivity index (χ1) is 10.2. The van der Waals surface area contributed by atoms with Crippen molar-refractivity contribution >= 4 is 17.7 Å². The predicted molar refractivity (Wildman–Crippen MR) is 83.9 cm³/mol. The number of benzene rings is 1. The molecule has 0 bridgehead atoms. The number of carboxylic acid groups (broad SMARTS) is 1. The van der Waals surface area contributed by atoms with Crippen LogP contribution in [0.2, 0.25) is 0 Å². The van der Waals surface area contributed by atoms with Gasteiger partial charge in [0.1, 0.15) is 6.04 Å². The lowest BCUT2D eigenvalue weighted by Crippen LogP contribution is -2.44. The van der Waals surface area contributed by atoms with E-state index in [9.17, 15) is 14.4 Å². The van der Waals surface area contributed by atoms with Gasteiger partial charge in [0.25, 0.3) is 0 Å². The van der Waals surface area contributed by atoms with Gasteiger partial charge in [-0.1, -0.05) is 31.5 Å². The molecule has 0 aliphatic carbocycles. The molecular formula is C17H23NO4. The molecule has 1 unspecified atom stereocenters. The normalized spacial score (nSPS) is 12.0. The predicted octanol–water partition coefficient (Wildman–Crippen LogP) is 2.49. The fourth-order valence-corrected chi connectivity index (χ4v) is 2.16. The monoisotopic (exact) mass is 305 g/mol. The molecule has 5 heteroatoms. The first-order valence-corrected chi connectivity index (χ1v) is 7.35. The van der Waals surface area contributed by atoms with Crippen molar-refractivity contribution in [3.8, 4) is 0 Å². The zero-order chi connectivity index (χ0) is 16.9. The number of carbonyl (C=O) groups is 3. The SMILES string of the molecule is Cc1ccc(C)c(C(=O)CCC(=O)NC(C(=O)O)C(C)C)c1. The quantitative estimate of drug-likeness (QED) is 0.758. The van der Waals surface area contributed by atoms with Gasteiger partial charge < -0.3 is 10.4 Å². The number of amides is 1. The summed E-state index contributed by atoms with van der Waals surface area (Å²) < 4.78 is 0. The molecule has 1 aromatic carbocycles. The van der Waals surface area contributed by atoms with Gasteiger partial charge in [0, 0.05) is 18.4 Å². The Balaban J connectivity index is 2.62. The summed E-state index contributed by atoms with van der Waals surface area (Å²) in [5, 5.41) is 11.5.